The minimum atomic E-state index is -7.22. The molecule has 0 aliphatic heterocycles. The lowest BCUT2D eigenvalue weighted by atomic mass is 9.12. The van der Waals surface area contributed by atoms with Crippen molar-refractivity contribution in [3.8, 4) is 0 Å². The van der Waals surface area contributed by atoms with Crippen LogP contribution in [-0.4, -0.2) is 16.6 Å². The predicted octanol–water partition coefficient (Wildman–Crippen LogP) is 7.67. The number of nitrogens with zero attached hydrogens (tertiary/aromatic N) is 1. The van der Waals surface area contributed by atoms with Gasteiger partial charge in [0.15, 0.2) is 82.5 Å². The Kier molecular flexibility index (Phi) is 12.8. The van der Waals surface area contributed by atoms with E-state index in [-0.39, 0.29) is 0 Å². The summed E-state index contributed by atoms with van der Waals surface area (Å²) in [5.74, 6) is -71.4. The SMILES string of the molecule is CS(=O)c1ccc(C[n+]2ccsc2)cc1.Fc1c(F)c(F)c([B-](c2c(F)c(F)c(F)c(F)c2F)(c2c(F)c(F)c(F)c(F)c2F)c2c(F)c(F)c(F)c(F)c2F)c(F)c1F. The summed E-state index contributed by atoms with van der Waals surface area (Å²) in [6.45, 7) is 0.875. The second-order valence-electron chi connectivity index (χ2n) is 12.1. The van der Waals surface area contributed by atoms with Crippen molar-refractivity contribution in [3.05, 3.63) is 163 Å². The molecule has 1 atom stereocenters. The van der Waals surface area contributed by atoms with Crippen molar-refractivity contribution in [1.82, 2.24) is 0 Å². The predicted molar refractivity (Wildman–Crippen MR) is 172 cm³/mol. The standard InChI is InChI=1S/C24BF20.C11H12NOS2/c26-5-1(6(27)14(35)21(42)13(5)34)25(2-7(28)15(36)22(43)16(37)8(2)29,3-9(30)17(38)23(44)18(39)10(3)31)4-11(32)19(40)24(45)20(41)12(4)33;1-15(13)11-4-2-10(3-5-11)8-12-6-7-14-9-12/h;2-7,9H,8H2,1H3/q-1;+1. The molecule has 0 spiro atoms. The van der Waals surface area contributed by atoms with Gasteiger partial charge in [0.2, 0.25) is 5.51 Å². The Morgan fingerprint density at radius 1 is 0.433 bits per heavy atom. The summed E-state index contributed by atoms with van der Waals surface area (Å²) in [6.07, 6.45) is -3.47. The van der Waals surface area contributed by atoms with Crippen LogP contribution < -0.4 is 26.4 Å². The molecule has 0 bridgehead atoms. The molecule has 0 fully saturated rings. The highest BCUT2D eigenvalue weighted by atomic mass is 32.2. The van der Waals surface area contributed by atoms with E-state index in [0.717, 1.165) is 11.4 Å². The van der Waals surface area contributed by atoms with Crippen LogP contribution in [0.3, 0.4) is 0 Å². The quantitative estimate of drug-likeness (QED) is 0.0530. The molecule has 0 amide bonds. The highest BCUT2D eigenvalue weighted by molar-refractivity contribution is 7.84. The Hall–Kier alpha value is -5.46. The van der Waals surface area contributed by atoms with Gasteiger partial charge in [-0.2, -0.15) is 4.57 Å². The summed E-state index contributed by atoms with van der Waals surface area (Å²) in [5.41, 5.74) is -11.0. The molecule has 0 aliphatic carbocycles. The average molecular weight is 917 g/mol. The van der Waals surface area contributed by atoms with E-state index in [0.29, 0.717) is 0 Å². The van der Waals surface area contributed by atoms with Crippen LogP contribution in [0.2, 0.25) is 0 Å². The molecule has 2 nitrogen and oxygen atoms in total. The number of halogens is 20. The van der Waals surface area contributed by atoms with Gasteiger partial charge >= 0.3 is 0 Å². The Morgan fingerprint density at radius 2 is 0.683 bits per heavy atom. The van der Waals surface area contributed by atoms with E-state index in [9.17, 15) is 56.9 Å². The first-order chi connectivity index (χ1) is 28.0. The lowest BCUT2D eigenvalue weighted by Gasteiger charge is -2.44. The number of benzene rings is 5. The smallest absolute Gasteiger partial charge is 0.224 e. The van der Waals surface area contributed by atoms with Crippen LogP contribution in [0, 0.1) is 116 Å². The zero-order valence-electron chi connectivity index (χ0n) is 28.6. The van der Waals surface area contributed by atoms with Crippen molar-refractivity contribution < 1.29 is 96.6 Å². The number of rotatable bonds is 7. The normalized spacial score (nSPS) is 12.2. The maximum Gasteiger partial charge on any atom is 0.224 e. The van der Waals surface area contributed by atoms with Crippen molar-refractivity contribution in [2.75, 3.05) is 6.26 Å². The van der Waals surface area contributed by atoms with Crippen LogP contribution in [0.15, 0.2) is 46.2 Å². The number of thiazole rings is 1. The fourth-order valence-electron chi connectivity index (χ4n) is 6.22. The minimum Gasteiger partial charge on any atom is -0.255 e. The maximum atomic E-state index is 15.4. The number of hydrogen-bond donors (Lipinski definition) is 0. The van der Waals surface area contributed by atoms with Gasteiger partial charge in [0.1, 0.15) is 52.7 Å². The fourth-order valence-corrected chi connectivity index (χ4v) is 7.34. The highest BCUT2D eigenvalue weighted by Crippen LogP contribution is 2.30. The summed E-state index contributed by atoms with van der Waals surface area (Å²) < 4.78 is 307. The zero-order chi connectivity index (χ0) is 45.0. The molecule has 5 aromatic carbocycles. The van der Waals surface area contributed by atoms with E-state index in [1.54, 1.807) is 17.6 Å². The van der Waals surface area contributed by atoms with Gasteiger partial charge in [-0.3, -0.25) is 4.21 Å². The van der Waals surface area contributed by atoms with E-state index >= 15 is 35.1 Å². The number of aromatic nitrogens is 1. The van der Waals surface area contributed by atoms with Gasteiger partial charge in [0, 0.05) is 27.5 Å². The first-order valence-electron chi connectivity index (χ1n) is 15.5. The van der Waals surface area contributed by atoms with Crippen molar-refractivity contribution >= 4 is 50.1 Å². The van der Waals surface area contributed by atoms with Crippen LogP contribution in [-0.2, 0) is 17.3 Å². The van der Waals surface area contributed by atoms with E-state index in [1.165, 1.54) is 5.56 Å². The first-order valence-corrected chi connectivity index (χ1v) is 18.0. The van der Waals surface area contributed by atoms with Crippen LogP contribution in [0.5, 0.6) is 0 Å². The summed E-state index contributed by atoms with van der Waals surface area (Å²) in [4.78, 5) is 0.883. The molecule has 6 aromatic rings. The molecule has 25 heteroatoms. The molecular formula is C35H12BF20NOS2. The summed E-state index contributed by atoms with van der Waals surface area (Å²) >= 11 is 1.68. The summed E-state index contributed by atoms with van der Waals surface area (Å²) in [5, 5.41) is 2.05. The van der Waals surface area contributed by atoms with E-state index in [4.69, 9.17) is 0 Å². The average Bonchev–Trinajstić information content (AvgIpc) is 3.74. The van der Waals surface area contributed by atoms with Gasteiger partial charge < -0.3 is 0 Å². The highest BCUT2D eigenvalue weighted by Gasteiger charge is 2.52. The van der Waals surface area contributed by atoms with E-state index in [1.807, 2.05) is 24.3 Å². The molecule has 0 N–H and O–H groups in total. The van der Waals surface area contributed by atoms with Gasteiger partial charge in [-0.05, 0) is 12.1 Å². The molecule has 0 radical (unpaired) electrons. The van der Waals surface area contributed by atoms with E-state index < -0.39 is 155 Å². The lowest BCUT2D eigenvalue weighted by molar-refractivity contribution is -0.683. The molecular weight excluding hydrogens is 905 g/mol. The molecule has 1 unspecified atom stereocenters. The van der Waals surface area contributed by atoms with Gasteiger partial charge in [-0.15, -0.1) is 21.9 Å². The monoisotopic (exact) mass is 917 g/mol. The molecule has 60 heavy (non-hydrogen) atoms. The van der Waals surface area contributed by atoms with Crippen molar-refractivity contribution in [3.63, 3.8) is 0 Å². The molecule has 318 valence electrons. The molecule has 6 rings (SSSR count). The molecule has 0 saturated carbocycles. The third-order valence-corrected chi connectivity index (χ3v) is 10.5. The first kappa shape index (κ1) is 45.6. The van der Waals surface area contributed by atoms with Gasteiger partial charge in [-0.25, -0.2) is 87.8 Å². The Morgan fingerprint density at radius 3 is 0.900 bits per heavy atom. The second-order valence-corrected chi connectivity index (χ2v) is 14.2. The van der Waals surface area contributed by atoms with Gasteiger partial charge in [-0.1, -0.05) is 23.5 Å². The van der Waals surface area contributed by atoms with Crippen molar-refractivity contribution in [2.24, 2.45) is 0 Å². The Labute approximate surface area is 327 Å². The van der Waals surface area contributed by atoms with Crippen molar-refractivity contribution in [2.45, 2.75) is 11.4 Å². The van der Waals surface area contributed by atoms with Gasteiger partial charge in [0.05, 0.1) is 5.38 Å². The molecule has 0 aliphatic rings. The topological polar surface area (TPSA) is 20.9 Å². The van der Waals surface area contributed by atoms with Crippen LogP contribution in [0.1, 0.15) is 5.56 Å². The fraction of sp³-hybridized carbons (Fsp3) is 0.0571. The van der Waals surface area contributed by atoms with E-state index in [2.05, 4.69) is 21.7 Å². The molecule has 0 saturated heterocycles. The third-order valence-electron chi connectivity index (χ3n) is 8.85. The Bertz CT molecular complexity index is 2330. The lowest BCUT2D eigenvalue weighted by Crippen LogP contribution is -2.81. The Balaban J connectivity index is 0.000000379. The third kappa shape index (κ3) is 7.17. The number of hydrogen-bond acceptors (Lipinski definition) is 2. The summed E-state index contributed by atoms with van der Waals surface area (Å²) in [7, 11) is -0.881. The largest absolute Gasteiger partial charge is 0.255 e. The second kappa shape index (κ2) is 16.9. The van der Waals surface area contributed by atoms with Crippen LogP contribution >= 0.6 is 11.3 Å². The molecule has 1 heterocycles. The zero-order valence-corrected chi connectivity index (χ0v) is 30.2. The van der Waals surface area contributed by atoms with Crippen LogP contribution in [0.25, 0.3) is 0 Å². The maximum absolute atomic E-state index is 15.4. The summed E-state index contributed by atoms with van der Waals surface area (Å²) in [6, 6.07) is 7.92. The van der Waals surface area contributed by atoms with Crippen LogP contribution in [0.4, 0.5) is 87.8 Å². The minimum absolute atomic E-state index is 0.875. The van der Waals surface area contributed by atoms with Gasteiger partial charge in [0.25, 0.3) is 0 Å². The molecule has 1 aromatic heterocycles. The van der Waals surface area contributed by atoms with Crippen molar-refractivity contribution in [1.29, 1.82) is 0 Å².